The standard InChI is InChI=1S/C13H24N4O2S/c1-10(2)17-7-6-14-13(17)9-15-11(3)8-16-20(18,19)12-4-5-12/h6-7,10-12,15-16H,4-5,8-9H2,1-3H3/t11-/m1/s1. The molecule has 0 aromatic carbocycles. The van der Waals surface area contributed by atoms with Gasteiger partial charge in [-0.2, -0.15) is 0 Å². The maximum absolute atomic E-state index is 11.7. The molecule has 0 spiro atoms. The molecule has 1 aromatic heterocycles. The van der Waals surface area contributed by atoms with Crippen LogP contribution in [0.25, 0.3) is 0 Å². The van der Waals surface area contributed by atoms with Gasteiger partial charge < -0.3 is 9.88 Å². The Kier molecular flexibility index (Phi) is 4.82. The Morgan fingerprint density at radius 2 is 2.10 bits per heavy atom. The summed E-state index contributed by atoms with van der Waals surface area (Å²) in [5.41, 5.74) is 0. The number of sulfonamides is 1. The molecule has 0 aliphatic heterocycles. The fourth-order valence-corrected chi connectivity index (χ4v) is 3.50. The molecule has 2 rings (SSSR count). The zero-order chi connectivity index (χ0) is 14.8. The molecule has 0 amide bonds. The van der Waals surface area contributed by atoms with Crippen molar-refractivity contribution in [1.82, 2.24) is 19.6 Å². The van der Waals surface area contributed by atoms with Crippen LogP contribution in [0.1, 0.15) is 45.5 Å². The van der Waals surface area contributed by atoms with Crippen LogP contribution in [0.2, 0.25) is 0 Å². The van der Waals surface area contributed by atoms with Gasteiger partial charge in [-0.1, -0.05) is 0 Å². The lowest BCUT2D eigenvalue weighted by Crippen LogP contribution is -2.40. The normalized spacial score (nSPS) is 17.6. The molecule has 114 valence electrons. The van der Waals surface area contributed by atoms with Crippen molar-refractivity contribution in [3.63, 3.8) is 0 Å². The van der Waals surface area contributed by atoms with Gasteiger partial charge in [-0.15, -0.1) is 0 Å². The van der Waals surface area contributed by atoms with Crippen molar-refractivity contribution in [2.45, 2.75) is 57.5 Å². The van der Waals surface area contributed by atoms with Crippen LogP contribution in [0.5, 0.6) is 0 Å². The van der Waals surface area contributed by atoms with Crippen LogP contribution < -0.4 is 10.0 Å². The fraction of sp³-hybridized carbons (Fsp3) is 0.769. The molecule has 1 heterocycles. The third-order valence-electron chi connectivity index (χ3n) is 3.47. The first-order chi connectivity index (χ1) is 9.40. The van der Waals surface area contributed by atoms with Gasteiger partial charge in [-0.25, -0.2) is 18.1 Å². The van der Waals surface area contributed by atoms with Gasteiger partial charge in [0.1, 0.15) is 5.82 Å². The first-order valence-electron chi connectivity index (χ1n) is 7.13. The Balaban J connectivity index is 1.77. The first kappa shape index (κ1) is 15.5. The molecule has 6 nitrogen and oxygen atoms in total. The van der Waals surface area contributed by atoms with E-state index in [0.717, 1.165) is 18.7 Å². The average Bonchev–Trinajstić information content (AvgIpc) is 3.14. The molecule has 1 aliphatic rings. The number of nitrogens with one attached hydrogen (secondary N) is 2. The minimum Gasteiger partial charge on any atom is -0.331 e. The smallest absolute Gasteiger partial charge is 0.214 e. The summed E-state index contributed by atoms with van der Waals surface area (Å²) < 4.78 is 28.2. The van der Waals surface area contributed by atoms with Gasteiger partial charge in [0.2, 0.25) is 10.0 Å². The molecule has 1 aromatic rings. The molecule has 7 heteroatoms. The Bertz CT molecular complexity index is 534. The van der Waals surface area contributed by atoms with Gasteiger partial charge >= 0.3 is 0 Å². The SMILES string of the molecule is CC(C)n1ccnc1CN[C@H](C)CNS(=O)(=O)C1CC1. The van der Waals surface area contributed by atoms with E-state index in [1.54, 1.807) is 6.20 Å². The Morgan fingerprint density at radius 3 is 2.70 bits per heavy atom. The number of rotatable bonds is 8. The highest BCUT2D eigenvalue weighted by atomic mass is 32.2. The van der Waals surface area contributed by atoms with E-state index in [1.807, 2.05) is 13.1 Å². The molecule has 1 saturated carbocycles. The topological polar surface area (TPSA) is 76.0 Å². The van der Waals surface area contributed by atoms with E-state index in [9.17, 15) is 8.42 Å². The fourth-order valence-electron chi connectivity index (χ4n) is 2.03. The summed E-state index contributed by atoms with van der Waals surface area (Å²) >= 11 is 0. The van der Waals surface area contributed by atoms with Crippen LogP contribution in [0, 0.1) is 0 Å². The third kappa shape index (κ3) is 4.04. The minimum absolute atomic E-state index is 0.0702. The molecule has 1 atom stereocenters. The van der Waals surface area contributed by atoms with Gasteiger partial charge in [0, 0.05) is 31.0 Å². The van der Waals surface area contributed by atoms with Crippen molar-refractivity contribution in [2.24, 2.45) is 0 Å². The van der Waals surface area contributed by atoms with E-state index < -0.39 is 10.0 Å². The lowest BCUT2D eigenvalue weighted by atomic mass is 10.3. The van der Waals surface area contributed by atoms with Crippen molar-refractivity contribution in [2.75, 3.05) is 6.54 Å². The van der Waals surface area contributed by atoms with Crippen molar-refractivity contribution in [1.29, 1.82) is 0 Å². The predicted octanol–water partition coefficient (Wildman–Crippen LogP) is 1.02. The van der Waals surface area contributed by atoms with Crippen LogP contribution in [0.15, 0.2) is 12.4 Å². The van der Waals surface area contributed by atoms with Crippen molar-refractivity contribution in [3.8, 4) is 0 Å². The van der Waals surface area contributed by atoms with E-state index in [0.29, 0.717) is 19.1 Å². The maximum atomic E-state index is 11.7. The molecular formula is C13H24N4O2S. The third-order valence-corrected chi connectivity index (χ3v) is 5.39. The van der Waals surface area contributed by atoms with Crippen molar-refractivity contribution in [3.05, 3.63) is 18.2 Å². The van der Waals surface area contributed by atoms with Gasteiger partial charge in [0.15, 0.2) is 0 Å². The van der Waals surface area contributed by atoms with Crippen LogP contribution in [-0.4, -0.2) is 35.8 Å². The van der Waals surface area contributed by atoms with Gasteiger partial charge in [-0.05, 0) is 33.6 Å². The largest absolute Gasteiger partial charge is 0.331 e. The summed E-state index contributed by atoms with van der Waals surface area (Å²) in [7, 11) is -3.09. The number of hydrogen-bond donors (Lipinski definition) is 2. The summed E-state index contributed by atoms with van der Waals surface area (Å²) in [6.07, 6.45) is 5.34. The van der Waals surface area contributed by atoms with Crippen LogP contribution in [-0.2, 0) is 16.6 Å². The molecule has 20 heavy (non-hydrogen) atoms. The van der Waals surface area contributed by atoms with E-state index in [2.05, 4.69) is 33.4 Å². The highest BCUT2D eigenvalue weighted by Crippen LogP contribution is 2.27. The Morgan fingerprint density at radius 1 is 1.40 bits per heavy atom. The minimum atomic E-state index is -3.09. The zero-order valence-electron chi connectivity index (χ0n) is 12.3. The Labute approximate surface area is 121 Å². The Hall–Kier alpha value is -0.920. The van der Waals surface area contributed by atoms with Gasteiger partial charge in [-0.3, -0.25) is 0 Å². The van der Waals surface area contributed by atoms with Crippen LogP contribution >= 0.6 is 0 Å². The summed E-state index contributed by atoms with van der Waals surface area (Å²) in [5.74, 6) is 0.969. The van der Waals surface area contributed by atoms with Crippen LogP contribution in [0.4, 0.5) is 0 Å². The molecule has 1 aliphatic carbocycles. The highest BCUT2D eigenvalue weighted by Gasteiger charge is 2.35. The van der Waals surface area contributed by atoms with Crippen molar-refractivity contribution >= 4 is 10.0 Å². The molecule has 0 bridgehead atoms. The van der Waals surface area contributed by atoms with Crippen LogP contribution in [0.3, 0.4) is 0 Å². The molecule has 2 N–H and O–H groups in total. The molecule has 1 fully saturated rings. The average molecular weight is 300 g/mol. The number of hydrogen-bond acceptors (Lipinski definition) is 4. The molecule has 0 saturated heterocycles. The molecular weight excluding hydrogens is 276 g/mol. The zero-order valence-corrected chi connectivity index (χ0v) is 13.2. The second kappa shape index (κ2) is 6.24. The first-order valence-corrected chi connectivity index (χ1v) is 8.68. The summed E-state index contributed by atoms with van der Waals surface area (Å²) in [6, 6.07) is 0.443. The van der Waals surface area contributed by atoms with E-state index in [1.165, 1.54) is 0 Å². The van der Waals surface area contributed by atoms with E-state index in [4.69, 9.17) is 0 Å². The number of nitrogens with zero attached hydrogens (tertiary/aromatic N) is 2. The second-order valence-electron chi connectivity index (χ2n) is 5.72. The number of imidazole rings is 1. The van der Waals surface area contributed by atoms with E-state index >= 15 is 0 Å². The van der Waals surface area contributed by atoms with Crippen molar-refractivity contribution < 1.29 is 8.42 Å². The maximum Gasteiger partial charge on any atom is 0.214 e. The molecule has 0 unspecified atom stereocenters. The predicted molar refractivity (Wildman–Crippen MR) is 78.9 cm³/mol. The summed E-state index contributed by atoms with van der Waals surface area (Å²) in [5, 5.41) is 3.14. The highest BCUT2D eigenvalue weighted by molar-refractivity contribution is 7.90. The lowest BCUT2D eigenvalue weighted by Gasteiger charge is -2.16. The van der Waals surface area contributed by atoms with E-state index in [-0.39, 0.29) is 11.3 Å². The second-order valence-corrected chi connectivity index (χ2v) is 7.76. The molecule has 0 radical (unpaired) electrons. The quantitative estimate of drug-likeness (QED) is 0.751. The number of aromatic nitrogens is 2. The van der Waals surface area contributed by atoms with Gasteiger partial charge in [0.25, 0.3) is 0 Å². The summed E-state index contributed by atoms with van der Waals surface area (Å²) in [4.78, 5) is 4.32. The lowest BCUT2D eigenvalue weighted by molar-refractivity contribution is 0.490. The monoisotopic (exact) mass is 300 g/mol. The van der Waals surface area contributed by atoms with Gasteiger partial charge in [0.05, 0.1) is 11.8 Å². The summed E-state index contributed by atoms with van der Waals surface area (Å²) in [6.45, 7) is 7.24.